The number of nitrogens with two attached hydrogens (primary N) is 2. The van der Waals surface area contributed by atoms with Gasteiger partial charge in [0.15, 0.2) is 5.70 Å². The van der Waals surface area contributed by atoms with Crippen molar-refractivity contribution in [3.8, 4) is 11.4 Å². The lowest BCUT2D eigenvalue weighted by molar-refractivity contribution is -0.0961. The molecule has 6 nitrogen and oxygen atoms in total. The Bertz CT molecular complexity index is 1150. The van der Waals surface area contributed by atoms with Crippen molar-refractivity contribution in [1.29, 1.82) is 0 Å². The Balaban J connectivity index is 1.59. The van der Waals surface area contributed by atoms with E-state index in [4.69, 9.17) is 11.6 Å². The van der Waals surface area contributed by atoms with Crippen molar-refractivity contribution in [3.63, 3.8) is 0 Å². The minimum Gasteiger partial charge on any atom is -0.397 e. The number of hydrogen-bond donors (Lipinski definition) is 3. The number of benzene rings is 1. The van der Waals surface area contributed by atoms with E-state index < -0.39 is 17.6 Å². The summed E-state index contributed by atoms with van der Waals surface area (Å²) in [4.78, 5) is 8.56. The molecule has 1 aliphatic carbocycles. The minimum atomic E-state index is -4.72. The van der Waals surface area contributed by atoms with Gasteiger partial charge in [0.1, 0.15) is 11.5 Å². The van der Waals surface area contributed by atoms with Crippen LogP contribution in [0.2, 0.25) is 0 Å². The Morgan fingerprint density at radius 2 is 2.00 bits per heavy atom. The maximum atomic E-state index is 14.1. The number of nitrogens with one attached hydrogen (secondary N) is 1. The maximum absolute atomic E-state index is 14.1. The van der Waals surface area contributed by atoms with E-state index in [1.54, 1.807) is 24.0 Å². The van der Waals surface area contributed by atoms with Crippen molar-refractivity contribution >= 4 is 5.70 Å². The number of imidazole rings is 1. The summed E-state index contributed by atoms with van der Waals surface area (Å²) < 4.78 is 55.3. The molecule has 0 saturated carbocycles. The van der Waals surface area contributed by atoms with Crippen molar-refractivity contribution in [2.75, 3.05) is 0 Å². The van der Waals surface area contributed by atoms with E-state index >= 15 is 0 Å². The molecule has 0 amide bonds. The topological polar surface area (TPSA) is 94.8 Å². The van der Waals surface area contributed by atoms with Gasteiger partial charge in [-0.05, 0) is 48.6 Å². The van der Waals surface area contributed by atoms with Crippen LogP contribution in [0.15, 0.2) is 54.7 Å². The van der Waals surface area contributed by atoms with Gasteiger partial charge in [-0.2, -0.15) is 13.2 Å². The Morgan fingerprint density at radius 3 is 2.75 bits per heavy atom. The fourth-order valence-corrected chi connectivity index (χ4v) is 4.13. The van der Waals surface area contributed by atoms with E-state index in [0.29, 0.717) is 17.9 Å². The second-order valence-electron chi connectivity index (χ2n) is 7.71. The molecule has 32 heavy (non-hydrogen) atoms. The molecular formula is C22H22F4N6. The van der Waals surface area contributed by atoms with Crippen molar-refractivity contribution in [2.45, 2.75) is 37.9 Å². The number of allylic oxidation sites excluding steroid dienone is 1. The van der Waals surface area contributed by atoms with Crippen molar-refractivity contribution < 1.29 is 17.6 Å². The van der Waals surface area contributed by atoms with Crippen molar-refractivity contribution in [3.05, 3.63) is 77.3 Å². The highest BCUT2D eigenvalue weighted by Gasteiger charge is 2.36. The number of pyridine rings is 1. The van der Waals surface area contributed by atoms with Gasteiger partial charge in [-0.25, -0.2) is 9.37 Å². The zero-order valence-corrected chi connectivity index (χ0v) is 17.0. The first-order valence-corrected chi connectivity index (χ1v) is 10.1. The van der Waals surface area contributed by atoms with Gasteiger partial charge in [-0.1, -0.05) is 12.1 Å². The quantitative estimate of drug-likeness (QED) is 0.314. The highest BCUT2D eigenvalue weighted by Crippen LogP contribution is 2.34. The van der Waals surface area contributed by atoms with Crippen LogP contribution in [0.3, 0.4) is 0 Å². The van der Waals surface area contributed by atoms with Crippen LogP contribution in [-0.4, -0.2) is 20.7 Å². The van der Waals surface area contributed by atoms with Crippen LogP contribution in [0.1, 0.15) is 35.4 Å². The summed E-state index contributed by atoms with van der Waals surface area (Å²) in [6, 6.07) is 7.97. The lowest BCUT2D eigenvalue weighted by Gasteiger charge is -2.26. The van der Waals surface area contributed by atoms with Crippen LogP contribution in [0.5, 0.6) is 0 Å². The second-order valence-corrected chi connectivity index (χ2v) is 7.71. The van der Waals surface area contributed by atoms with Gasteiger partial charge in [0.05, 0.1) is 17.7 Å². The van der Waals surface area contributed by atoms with Gasteiger partial charge in [0.25, 0.3) is 0 Å². The molecule has 4 rings (SSSR count). The smallest absolute Gasteiger partial charge is 0.397 e. The van der Waals surface area contributed by atoms with E-state index in [1.807, 2.05) is 10.6 Å². The van der Waals surface area contributed by atoms with Crippen molar-refractivity contribution in [1.82, 2.24) is 20.0 Å². The van der Waals surface area contributed by atoms with Crippen LogP contribution >= 0.6 is 0 Å². The lowest BCUT2D eigenvalue weighted by atomic mass is 9.82. The van der Waals surface area contributed by atoms with Gasteiger partial charge < -0.3 is 15.7 Å². The fraction of sp³-hybridized carbons (Fsp3) is 0.273. The fourth-order valence-electron chi connectivity index (χ4n) is 4.13. The molecule has 5 N–H and O–H groups in total. The number of aromatic nitrogens is 3. The highest BCUT2D eigenvalue weighted by molar-refractivity contribution is 5.69. The first-order chi connectivity index (χ1) is 15.3. The minimum absolute atomic E-state index is 0.117. The largest absolute Gasteiger partial charge is 0.434 e. The summed E-state index contributed by atoms with van der Waals surface area (Å²) in [6.07, 6.45) is 2.62. The summed E-state index contributed by atoms with van der Waals surface area (Å²) in [5, 5.41) is 0. The zero-order valence-electron chi connectivity index (χ0n) is 17.0. The number of fused-ring (bicyclic) bond motifs is 1. The number of nitrogens with zero attached hydrogens (tertiary/aromatic N) is 3. The van der Waals surface area contributed by atoms with E-state index in [-0.39, 0.29) is 17.3 Å². The van der Waals surface area contributed by atoms with Crippen LogP contribution < -0.4 is 17.0 Å². The molecule has 0 aliphatic heterocycles. The molecule has 2 heterocycles. The van der Waals surface area contributed by atoms with Gasteiger partial charge >= 0.3 is 6.18 Å². The number of rotatable bonds is 5. The molecular weight excluding hydrogens is 424 g/mol. The third-order valence-corrected chi connectivity index (χ3v) is 5.67. The van der Waals surface area contributed by atoms with E-state index in [2.05, 4.69) is 9.97 Å². The Labute approximate surface area is 181 Å². The monoisotopic (exact) mass is 446 g/mol. The Morgan fingerprint density at radius 1 is 1.19 bits per heavy atom. The third kappa shape index (κ3) is 4.31. The van der Waals surface area contributed by atoms with Crippen LogP contribution in [-0.2, 0) is 13.0 Å². The molecule has 1 atom stereocenters. The number of alkyl halides is 3. The molecule has 0 radical (unpaired) electrons. The molecule has 10 heteroatoms. The van der Waals surface area contributed by atoms with Gasteiger partial charge in [0.2, 0.25) is 0 Å². The van der Waals surface area contributed by atoms with Crippen LogP contribution in [0.25, 0.3) is 17.1 Å². The predicted octanol–water partition coefficient (Wildman–Crippen LogP) is 3.86. The molecule has 0 bridgehead atoms. The number of hydrogen-bond acceptors (Lipinski definition) is 5. The summed E-state index contributed by atoms with van der Waals surface area (Å²) in [7, 11) is 0. The lowest BCUT2D eigenvalue weighted by Crippen LogP contribution is -2.34. The summed E-state index contributed by atoms with van der Waals surface area (Å²) in [5.41, 5.74) is 8.32. The summed E-state index contributed by atoms with van der Waals surface area (Å²) in [6.45, 7) is 0.612. The molecule has 0 saturated heterocycles. The number of hydrazine groups is 1. The standard InChI is InChI=1S/C22H22F4N6/c23-17-6-2-4-15-14(3-1-5-16(15)17)10-32-11-19(30-12-32)18-9-13(7-8-29-18)20(27)21(31-28)22(24,25)26/h2,4,6-9,11-12,14,31H,1,3,5,10,27-28H2/b21-20-. The molecule has 3 aromatic rings. The molecule has 1 unspecified atom stereocenters. The molecule has 1 aromatic carbocycles. The van der Waals surface area contributed by atoms with Gasteiger partial charge in [-0.15, -0.1) is 0 Å². The normalized spacial score (nSPS) is 17.0. The third-order valence-electron chi connectivity index (χ3n) is 5.67. The molecule has 0 spiro atoms. The predicted molar refractivity (Wildman–Crippen MR) is 112 cm³/mol. The average Bonchev–Trinajstić information content (AvgIpc) is 3.23. The summed E-state index contributed by atoms with van der Waals surface area (Å²) >= 11 is 0. The van der Waals surface area contributed by atoms with Crippen LogP contribution in [0, 0.1) is 5.82 Å². The zero-order chi connectivity index (χ0) is 22.9. The number of halogens is 4. The Hall–Kier alpha value is -3.40. The SMILES string of the molecule is NN/C(=C(\N)c1ccnc(-c2cn(CC3CCCc4c(F)cccc43)cn2)c1)C(F)(F)F. The summed E-state index contributed by atoms with van der Waals surface area (Å²) in [5.74, 6) is 5.00. The first-order valence-electron chi connectivity index (χ1n) is 10.1. The first kappa shape index (κ1) is 21.8. The van der Waals surface area contributed by atoms with Crippen molar-refractivity contribution in [2.24, 2.45) is 11.6 Å². The van der Waals surface area contributed by atoms with Gasteiger partial charge in [-0.3, -0.25) is 10.8 Å². The molecule has 168 valence electrons. The molecule has 2 aromatic heterocycles. The average molecular weight is 446 g/mol. The van der Waals surface area contributed by atoms with Gasteiger partial charge in [0, 0.05) is 30.4 Å². The van der Waals surface area contributed by atoms with E-state index in [9.17, 15) is 17.6 Å². The molecule has 1 aliphatic rings. The van der Waals surface area contributed by atoms with E-state index in [1.165, 1.54) is 24.4 Å². The maximum Gasteiger partial charge on any atom is 0.434 e. The van der Waals surface area contributed by atoms with Crippen LogP contribution in [0.4, 0.5) is 17.6 Å². The van der Waals surface area contributed by atoms with E-state index in [0.717, 1.165) is 30.4 Å². The Kier molecular flexibility index (Phi) is 5.88. The molecule has 0 fully saturated rings. The highest BCUT2D eigenvalue weighted by atomic mass is 19.4. The second kappa shape index (κ2) is 8.62.